The Morgan fingerprint density at radius 1 is 1.27 bits per heavy atom. The van der Waals surface area contributed by atoms with Crippen molar-refractivity contribution in [1.82, 2.24) is 10.2 Å². The van der Waals surface area contributed by atoms with Crippen LogP contribution in [0.15, 0.2) is 12.1 Å². The smallest absolute Gasteiger partial charge is 0.142 e. The maximum Gasteiger partial charge on any atom is 0.142 e. The van der Waals surface area contributed by atoms with Gasteiger partial charge >= 0.3 is 0 Å². The van der Waals surface area contributed by atoms with E-state index in [-0.39, 0.29) is 11.8 Å². The molecule has 0 unspecified atom stereocenters. The van der Waals surface area contributed by atoms with Gasteiger partial charge in [0.25, 0.3) is 0 Å². The van der Waals surface area contributed by atoms with Crippen LogP contribution in [0.3, 0.4) is 0 Å². The summed E-state index contributed by atoms with van der Waals surface area (Å²) in [6, 6.07) is 3.78. The summed E-state index contributed by atoms with van der Waals surface area (Å²) < 4.78 is 5.55. The molecule has 1 saturated carbocycles. The van der Waals surface area contributed by atoms with E-state index in [1.807, 2.05) is 6.07 Å². The Balaban J connectivity index is 2.02. The van der Waals surface area contributed by atoms with Crippen molar-refractivity contribution in [3.8, 4) is 11.5 Å². The molecule has 5 heteroatoms. The van der Waals surface area contributed by atoms with E-state index < -0.39 is 0 Å². The predicted molar refractivity (Wildman–Crippen MR) is 88.8 cm³/mol. The number of piperazine rings is 1. The van der Waals surface area contributed by atoms with Crippen LogP contribution in [-0.2, 0) is 0 Å². The number of hydrogen-bond donors (Lipinski definition) is 2. The standard InChI is InChI=1S/C17H25ClN2O2/c1-22-14-7-6-13(18)17(21)15(14)16(12-4-2-3-5-12)20-10-8-19-9-11-20/h6-7,12,16,19,21H,2-5,8-11H2,1H3/t16-/m1/s1. The molecular formula is C17H25ClN2O2. The third-order valence-corrected chi connectivity index (χ3v) is 5.34. The van der Waals surface area contributed by atoms with Gasteiger partial charge in [-0.05, 0) is 30.9 Å². The number of nitrogens with one attached hydrogen (secondary N) is 1. The number of phenolic OH excluding ortho intramolecular Hbond substituents is 1. The van der Waals surface area contributed by atoms with Crippen molar-refractivity contribution in [2.75, 3.05) is 33.3 Å². The highest BCUT2D eigenvalue weighted by atomic mass is 35.5. The number of rotatable bonds is 4. The van der Waals surface area contributed by atoms with Gasteiger partial charge in [-0.2, -0.15) is 0 Å². The van der Waals surface area contributed by atoms with Crippen LogP contribution in [0.2, 0.25) is 5.02 Å². The summed E-state index contributed by atoms with van der Waals surface area (Å²) in [5, 5.41) is 14.4. The van der Waals surface area contributed by atoms with Gasteiger partial charge in [0.05, 0.1) is 17.7 Å². The molecule has 0 radical (unpaired) electrons. The minimum atomic E-state index is 0.191. The topological polar surface area (TPSA) is 44.7 Å². The molecule has 3 rings (SSSR count). The summed E-state index contributed by atoms with van der Waals surface area (Å²) in [5.41, 5.74) is 0.879. The van der Waals surface area contributed by atoms with Gasteiger partial charge in [0.2, 0.25) is 0 Å². The van der Waals surface area contributed by atoms with Crippen LogP contribution >= 0.6 is 11.6 Å². The van der Waals surface area contributed by atoms with E-state index in [4.69, 9.17) is 16.3 Å². The fourth-order valence-corrected chi connectivity index (χ4v) is 4.14. The minimum Gasteiger partial charge on any atom is -0.506 e. The Kier molecular flexibility index (Phi) is 5.11. The highest BCUT2D eigenvalue weighted by Crippen LogP contribution is 2.48. The van der Waals surface area contributed by atoms with Crippen molar-refractivity contribution in [1.29, 1.82) is 0 Å². The average Bonchev–Trinajstić information content (AvgIpc) is 3.07. The molecule has 4 nitrogen and oxygen atoms in total. The Morgan fingerprint density at radius 2 is 1.95 bits per heavy atom. The second-order valence-corrected chi connectivity index (χ2v) is 6.69. The van der Waals surface area contributed by atoms with Crippen LogP contribution in [0.5, 0.6) is 11.5 Å². The molecule has 1 aromatic carbocycles. The molecule has 1 atom stereocenters. The van der Waals surface area contributed by atoms with E-state index in [9.17, 15) is 5.11 Å². The normalized spacial score (nSPS) is 21.9. The van der Waals surface area contributed by atoms with E-state index in [1.165, 1.54) is 25.7 Å². The maximum absolute atomic E-state index is 10.6. The number of nitrogens with zero attached hydrogens (tertiary/aromatic N) is 1. The van der Waals surface area contributed by atoms with Crippen molar-refractivity contribution in [2.24, 2.45) is 5.92 Å². The van der Waals surface area contributed by atoms with Gasteiger partial charge in [0.15, 0.2) is 0 Å². The number of halogens is 1. The molecular weight excluding hydrogens is 300 g/mol. The van der Waals surface area contributed by atoms with Crippen LogP contribution in [0.1, 0.15) is 37.3 Å². The zero-order valence-electron chi connectivity index (χ0n) is 13.1. The Hall–Kier alpha value is -0.970. The van der Waals surface area contributed by atoms with Gasteiger partial charge in [-0.25, -0.2) is 0 Å². The second kappa shape index (κ2) is 7.07. The zero-order valence-corrected chi connectivity index (χ0v) is 13.9. The molecule has 122 valence electrons. The summed E-state index contributed by atoms with van der Waals surface area (Å²) >= 11 is 6.20. The van der Waals surface area contributed by atoms with Crippen molar-refractivity contribution in [2.45, 2.75) is 31.7 Å². The van der Waals surface area contributed by atoms with Crippen LogP contribution in [0.4, 0.5) is 0 Å². The maximum atomic E-state index is 10.6. The van der Waals surface area contributed by atoms with Crippen LogP contribution in [0.25, 0.3) is 0 Å². The van der Waals surface area contributed by atoms with Crippen molar-refractivity contribution in [3.05, 3.63) is 22.7 Å². The third-order valence-electron chi connectivity index (χ3n) is 5.03. The number of ether oxygens (including phenoxy) is 1. The van der Waals surface area contributed by atoms with E-state index >= 15 is 0 Å². The largest absolute Gasteiger partial charge is 0.506 e. The highest BCUT2D eigenvalue weighted by molar-refractivity contribution is 6.32. The van der Waals surface area contributed by atoms with Crippen LogP contribution in [0, 0.1) is 5.92 Å². The Labute approximate surface area is 137 Å². The predicted octanol–water partition coefficient (Wildman–Crippen LogP) is 3.19. The quantitative estimate of drug-likeness (QED) is 0.893. The zero-order chi connectivity index (χ0) is 15.5. The molecule has 22 heavy (non-hydrogen) atoms. The van der Waals surface area contributed by atoms with Crippen molar-refractivity contribution < 1.29 is 9.84 Å². The molecule has 1 saturated heterocycles. The summed E-state index contributed by atoms with van der Waals surface area (Å²) in [5.74, 6) is 1.50. The van der Waals surface area contributed by atoms with Crippen molar-refractivity contribution >= 4 is 11.6 Å². The average molecular weight is 325 g/mol. The first kappa shape index (κ1) is 15.9. The summed E-state index contributed by atoms with van der Waals surface area (Å²) in [6.45, 7) is 3.98. The first-order valence-corrected chi connectivity index (χ1v) is 8.60. The van der Waals surface area contributed by atoms with Gasteiger partial charge in [0.1, 0.15) is 11.5 Å². The molecule has 2 N–H and O–H groups in total. The molecule has 0 amide bonds. The summed E-state index contributed by atoms with van der Waals surface area (Å²) in [6.07, 6.45) is 4.97. The van der Waals surface area contributed by atoms with Crippen LogP contribution in [-0.4, -0.2) is 43.3 Å². The fourth-order valence-electron chi connectivity index (χ4n) is 3.98. The van der Waals surface area contributed by atoms with E-state index in [0.717, 1.165) is 37.5 Å². The van der Waals surface area contributed by atoms with Gasteiger partial charge in [-0.15, -0.1) is 0 Å². The lowest BCUT2D eigenvalue weighted by molar-refractivity contribution is 0.121. The molecule has 1 aliphatic heterocycles. The van der Waals surface area contributed by atoms with Gasteiger partial charge in [0, 0.05) is 32.2 Å². The van der Waals surface area contributed by atoms with Gasteiger partial charge < -0.3 is 15.2 Å². The fraction of sp³-hybridized carbons (Fsp3) is 0.647. The number of aromatic hydroxyl groups is 1. The molecule has 0 spiro atoms. The van der Waals surface area contributed by atoms with E-state index in [2.05, 4.69) is 10.2 Å². The lowest BCUT2D eigenvalue weighted by atomic mass is 9.88. The number of hydrogen-bond acceptors (Lipinski definition) is 4. The highest BCUT2D eigenvalue weighted by Gasteiger charge is 2.35. The SMILES string of the molecule is COc1ccc(Cl)c(O)c1[C@@H](C1CCCC1)N1CCNCC1. The summed E-state index contributed by atoms with van der Waals surface area (Å²) in [4.78, 5) is 2.49. The number of methoxy groups -OCH3 is 1. The lowest BCUT2D eigenvalue weighted by Gasteiger charge is -2.39. The molecule has 0 aromatic heterocycles. The van der Waals surface area contributed by atoms with E-state index in [0.29, 0.717) is 10.9 Å². The first-order valence-electron chi connectivity index (χ1n) is 8.22. The third kappa shape index (κ3) is 3.05. The molecule has 2 fully saturated rings. The van der Waals surface area contributed by atoms with E-state index in [1.54, 1.807) is 13.2 Å². The second-order valence-electron chi connectivity index (χ2n) is 6.29. The summed E-state index contributed by atoms with van der Waals surface area (Å²) in [7, 11) is 1.66. The van der Waals surface area contributed by atoms with Crippen molar-refractivity contribution in [3.63, 3.8) is 0 Å². The number of benzene rings is 1. The molecule has 2 aliphatic rings. The molecule has 1 aliphatic carbocycles. The Morgan fingerprint density at radius 3 is 2.59 bits per heavy atom. The molecule has 1 aromatic rings. The molecule has 0 bridgehead atoms. The van der Waals surface area contributed by atoms with Crippen LogP contribution < -0.4 is 10.1 Å². The molecule has 1 heterocycles. The number of phenols is 1. The Bertz CT molecular complexity index is 512. The van der Waals surface area contributed by atoms with Gasteiger partial charge in [-0.3, -0.25) is 4.90 Å². The van der Waals surface area contributed by atoms with Gasteiger partial charge in [-0.1, -0.05) is 24.4 Å². The lowest BCUT2D eigenvalue weighted by Crippen LogP contribution is -2.46. The monoisotopic (exact) mass is 324 g/mol. The minimum absolute atomic E-state index is 0.191. The first-order chi connectivity index (χ1) is 10.7.